The molecule has 0 bridgehead atoms. The lowest BCUT2D eigenvalue weighted by molar-refractivity contribution is 0.757. The Kier molecular flexibility index (Phi) is 3.26. The predicted octanol–water partition coefficient (Wildman–Crippen LogP) is 1.63. The number of hydrogen-bond donors (Lipinski definition) is 1. The van der Waals surface area contributed by atoms with Crippen LogP contribution in [0.3, 0.4) is 0 Å². The Morgan fingerprint density at radius 3 is 2.59 bits per heavy atom. The molecule has 0 atom stereocenters. The Labute approximate surface area is 99.9 Å². The smallest absolute Gasteiger partial charge is 0.246 e. The van der Waals surface area contributed by atoms with Crippen molar-refractivity contribution < 1.29 is 0 Å². The molecular weight excluding hydrogens is 216 g/mol. The fourth-order valence-corrected chi connectivity index (χ4v) is 2.16. The molecule has 1 N–H and O–H groups in total. The molecule has 0 saturated heterocycles. The normalized spacial score (nSPS) is 11.2. The molecular formula is C12H18N4O. The molecule has 5 nitrogen and oxygen atoms in total. The largest absolute Gasteiger partial charge is 0.347 e. The van der Waals surface area contributed by atoms with Gasteiger partial charge < -0.3 is 0 Å². The number of fused-ring (bicyclic) bond motifs is 1. The molecule has 2 aromatic rings. The first kappa shape index (κ1) is 11.8. The molecule has 0 unspecified atom stereocenters. The van der Waals surface area contributed by atoms with Crippen molar-refractivity contribution in [3.05, 3.63) is 27.7 Å². The van der Waals surface area contributed by atoms with E-state index in [9.17, 15) is 4.79 Å². The standard InChI is InChI=1S/C12H18N4O/c1-4-6-9-11-8(3)13-10(7-5-2)16(11)12(17)15-14-9/h4-7H2,1-3H3,(H,15,17). The summed E-state index contributed by atoms with van der Waals surface area (Å²) in [5.74, 6) is 0.834. The van der Waals surface area contributed by atoms with Crippen LogP contribution >= 0.6 is 0 Å². The molecule has 17 heavy (non-hydrogen) atoms. The van der Waals surface area contributed by atoms with E-state index >= 15 is 0 Å². The van der Waals surface area contributed by atoms with Gasteiger partial charge >= 0.3 is 5.69 Å². The van der Waals surface area contributed by atoms with Crippen LogP contribution < -0.4 is 5.69 Å². The Bertz CT molecular complexity index is 582. The van der Waals surface area contributed by atoms with Crippen LogP contribution in [0.15, 0.2) is 4.79 Å². The summed E-state index contributed by atoms with van der Waals surface area (Å²) < 4.78 is 1.68. The number of H-pyrrole nitrogens is 1. The third-order valence-corrected chi connectivity index (χ3v) is 2.84. The van der Waals surface area contributed by atoms with Gasteiger partial charge in [0.15, 0.2) is 0 Å². The van der Waals surface area contributed by atoms with Crippen molar-refractivity contribution in [1.82, 2.24) is 19.6 Å². The van der Waals surface area contributed by atoms with Gasteiger partial charge in [-0.05, 0) is 19.8 Å². The summed E-state index contributed by atoms with van der Waals surface area (Å²) in [5.41, 5.74) is 2.53. The van der Waals surface area contributed by atoms with Crippen LogP contribution in [0, 0.1) is 6.92 Å². The topological polar surface area (TPSA) is 63.0 Å². The van der Waals surface area contributed by atoms with Crippen molar-refractivity contribution >= 4 is 5.52 Å². The molecule has 0 aromatic carbocycles. The summed E-state index contributed by atoms with van der Waals surface area (Å²) in [6.45, 7) is 6.12. The molecule has 2 rings (SSSR count). The van der Waals surface area contributed by atoms with Crippen molar-refractivity contribution in [3.8, 4) is 0 Å². The van der Waals surface area contributed by atoms with Crippen LogP contribution in [0.4, 0.5) is 0 Å². The van der Waals surface area contributed by atoms with Crippen LogP contribution in [-0.4, -0.2) is 19.6 Å². The van der Waals surface area contributed by atoms with E-state index in [1.165, 1.54) is 0 Å². The quantitative estimate of drug-likeness (QED) is 0.874. The third-order valence-electron chi connectivity index (χ3n) is 2.84. The number of nitrogens with zero attached hydrogens (tertiary/aromatic N) is 3. The van der Waals surface area contributed by atoms with Gasteiger partial charge in [0.05, 0.1) is 16.9 Å². The molecule has 5 heteroatoms. The lowest BCUT2D eigenvalue weighted by Gasteiger charge is -2.02. The minimum absolute atomic E-state index is 0.191. The molecule has 0 fully saturated rings. The summed E-state index contributed by atoms with van der Waals surface area (Å²) in [6.07, 6.45) is 3.65. The van der Waals surface area contributed by atoms with Gasteiger partial charge in [-0.15, -0.1) is 0 Å². The molecule has 0 aliphatic rings. The molecule has 0 spiro atoms. The fraction of sp³-hybridized carbons (Fsp3) is 0.583. The molecule has 0 radical (unpaired) electrons. The van der Waals surface area contributed by atoms with Crippen LogP contribution in [0.2, 0.25) is 0 Å². The highest BCUT2D eigenvalue weighted by Crippen LogP contribution is 2.15. The van der Waals surface area contributed by atoms with Gasteiger partial charge in [0, 0.05) is 6.42 Å². The third kappa shape index (κ3) is 1.97. The minimum atomic E-state index is -0.191. The molecule has 2 aromatic heterocycles. The molecule has 2 heterocycles. The maximum Gasteiger partial charge on any atom is 0.347 e. The van der Waals surface area contributed by atoms with Gasteiger partial charge in [-0.1, -0.05) is 20.3 Å². The number of nitrogens with one attached hydrogen (secondary N) is 1. The van der Waals surface area contributed by atoms with Gasteiger partial charge in [-0.25, -0.2) is 19.3 Å². The Morgan fingerprint density at radius 1 is 1.24 bits per heavy atom. The van der Waals surface area contributed by atoms with Gasteiger partial charge in [0.25, 0.3) is 0 Å². The number of rotatable bonds is 4. The number of aromatic amines is 1. The number of aryl methyl sites for hydroxylation is 3. The lowest BCUT2D eigenvalue weighted by atomic mass is 10.2. The SMILES string of the molecule is CCCc1n[nH]c(=O)n2c(CCC)nc(C)c12. The monoisotopic (exact) mass is 234 g/mol. The first-order valence-electron chi connectivity index (χ1n) is 6.14. The van der Waals surface area contributed by atoms with Crippen molar-refractivity contribution in [2.45, 2.75) is 46.5 Å². The van der Waals surface area contributed by atoms with Crippen molar-refractivity contribution in [2.24, 2.45) is 0 Å². The van der Waals surface area contributed by atoms with Gasteiger partial charge in [0.2, 0.25) is 0 Å². The lowest BCUT2D eigenvalue weighted by Crippen LogP contribution is -2.21. The van der Waals surface area contributed by atoms with Gasteiger partial charge in [-0.2, -0.15) is 5.10 Å². The Hall–Kier alpha value is -1.65. The fourth-order valence-electron chi connectivity index (χ4n) is 2.16. The number of hydrogen-bond acceptors (Lipinski definition) is 3. The van der Waals surface area contributed by atoms with Crippen LogP contribution in [0.5, 0.6) is 0 Å². The average Bonchev–Trinajstić information content (AvgIpc) is 2.62. The summed E-state index contributed by atoms with van der Waals surface area (Å²) in [6, 6.07) is 0. The van der Waals surface area contributed by atoms with Crippen LogP contribution in [0.25, 0.3) is 5.52 Å². The first-order chi connectivity index (χ1) is 8.19. The van der Waals surface area contributed by atoms with Gasteiger partial charge in [-0.3, -0.25) is 0 Å². The van der Waals surface area contributed by atoms with Gasteiger partial charge in [0.1, 0.15) is 5.82 Å². The maximum absolute atomic E-state index is 11.8. The molecule has 0 amide bonds. The summed E-state index contributed by atoms with van der Waals surface area (Å²) in [7, 11) is 0. The Balaban J connectivity index is 2.74. The predicted molar refractivity (Wildman–Crippen MR) is 66.3 cm³/mol. The van der Waals surface area contributed by atoms with E-state index in [1.807, 2.05) is 6.92 Å². The average molecular weight is 234 g/mol. The zero-order valence-corrected chi connectivity index (χ0v) is 10.6. The van der Waals surface area contributed by atoms with Crippen molar-refractivity contribution in [3.63, 3.8) is 0 Å². The van der Waals surface area contributed by atoms with E-state index in [-0.39, 0.29) is 5.69 Å². The van der Waals surface area contributed by atoms with Crippen molar-refractivity contribution in [1.29, 1.82) is 0 Å². The second-order valence-electron chi connectivity index (χ2n) is 4.27. The summed E-state index contributed by atoms with van der Waals surface area (Å²) in [4.78, 5) is 16.3. The summed E-state index contributed by atoms with van der Waals surface area (Å²) >= 11 is 0. The zero-order chi connectivity index (χ0) is 12.4. The van der Waals surface area contributed by atoms with E-state index in [0.29, 0.717) is 0 Å². The highest BCUT2D eigenvalue weighted by Gasteiger charge is 2.14. The van der Waals surface area contributed by atoms with Crippen LogP contribution in [-0.2, 0) is 12.8 Å². The number of imidazole rings is 1. The minimum Gasteiger partial charge on any atom is -0.246 e. The molecule has 0 saturated carbocycles. The summed E-state index contributed by atoms with van der Waals surface area (Å²) in [5, 5.41) is 6.69. The number of aromatic nitrogens is 4. The zero-order valence-electron chi connectivity index (χ0n) is 10.6. The van der Waals surface area contributed by atoms with E-state index in [1.54, 1.807) is 4.40 Å². The highest BCUT2D eigenvalue weighted by molar-refractivity contribution is 5.56. The van der Waals surface area contributed by atoms with E-state index in [2.05, 4.69) is 29.0 Å². The highest BCUT2D eigenvalue weighted by atomic mass is 16.1. The maximum atomic E-state index is 11.8. The second-order valence-corrected chi connectivity index (χ2v) is 4.27. The van der Waals surface area contributed by atoms with Crippen LogP contribution in [0.1, 0.15) is 43.9 Å². The van der Waals surface area contributed by atoms with E-state index < -0.39 is 0 Å². The first-order valence-corrected chi connectivity index (χ1v) is 6.14. The molecule has 0 aliphatic heterocycles. The molecule has 92 valence electrons. The second kappa shape index (κ2) is 4.69. The van der Waals surface area contributed by atoms with E-state index in [0.717, 1.165) is 48.4 Å². The van der Waals surface area contributed by atoms with Crippen molar-refractivity contribution in [2.75, 3.05) is 0 Å². The molecule has 0 aliphatic carbocycles. The Morgan fingerprint density at radius 2 is 1.94 bits per heavy atom. The van der Waals surface area contributed by atoms with E-state index in [4.69, 9.17) is 0 Å².